The SMILES string of the molecule is COC(=O)c1ccccc1C(=O)N1CCCN(S(=O)(=O)c2cn(C)cn2)CC1. The Labute approximate surface area is 163 Å². The number of hydrogen-bond acceptors (Lipinski definition) is 6. The fourth-order valence-corrected chi connectivity index (χ4v) is 4.56. The summed E-state index contributed by atoms with van der Waals surface area (Å²) in [5, 5.41) is -0.00851. The van der Waals surface area contributed by atoms with Crippen molar-refractivity contribution in [1.82, 2.24) is 18.8 Å². The first-order valence-corrected chi connectivity index (χ1v) is 10.2. The smallest absolute Gasteiger partial charge is 0.338 e. The number of hydrogen-bond donors (Lipinski definition) is 0. The summed E-state index contributed by atoms with van der Waals surface area (Å²) in [5.41, 5.74) is 0.438. The number of amides is 1. The van der Waals surface area contributed by atoms with Crippen molar-refractivity contribution < 1.29 is 22.7 Å². The van der Waals surface area contributed by atoms with Gasteiger partial charge in [-0.3, -0.25) is 4.79 Å². The van der Waals surface area contributed by atoms with Gasteiger partial charge in [0.05, 0.1) is 24.6 Å². The van der Waals surface area contributed by atoms with Gasteiger partial charge >= 0.3 is 5.97 Å². The maximum Gasteiger partial charge on any atom is 0.338 e. The normalized spacial score (nSPS) is 15.9. The third-order valence-electron chi connectivity index (χ3n) is 4.59. The lowest BCUT2D eigenvalue weighted by Gasteiger charge is -2.22. The Bertz CT molecular complexity index is 985. The molecule has 2 aromatic rings. The summed E-state index contributed by atoms with van der Waals surface area (Å²) in [6.07, 6.45) is 3.37. The number of imidazole rings is 1. The Morgan fingerprint density at radius 2 is 1.79 bits per heavy atom. The highest BCUT2D eigenvalue weighted by Crippen LogP contribution is 2.18. The van der Waals surface area contributed by atoms with Crippen molar-refractivity contribution in [3.63, 3.8) is 0 Å². The molecule has 2 heterocycles. The van der Waals surface area contributed by atoms with Gasteiger partial charge in [0.1, 0.15) is 0 Å². The first-order valence-electron chi connectivity index (χ1n) is 8.79. The van der Waals surface area contributed by atoms with Crippen LogP contribution in [0.25, 0.3) is 0 Å². The van der Waals surface area contributed by atoms with E-state index < -0.39 is 16.0 Å². The van der Waals surface area contributed by atoms with E-state index in [4.69, 9.17) is 4.74 Å². The molecule has 0 aliphatic carbocycles. The van der Waals surface area contributed by atoms with E-state index in [1.165, 1.54) is 30.0 Å². The molecule has 10 heteroatoms. The molecule has 0 unspecified atom stereocenters. The molecule has 0 bridgehead atoms. The lowest BCUT2D eigenvalue weighted by Crippen LogP contribution is -2.38. The Morgan fingerprint density at radius 1 is 1.07 bits per heavy atom. The summed E-state index contributed by atoms with van der Waals surface area (Å²) >= 11 is 0. The highest BCUT2D eigenvalue weighted by atomic mass is 32.2. The standard InChI is InChI=1S/C18H22N4O5S/c1-20-12-16(19-13-20)28(25,26)22-9-5-8-21(10-11-22)17(23)14-6-3-4-7-15(14)18(24)27-2/h3-4,6-7,12-13H,5,8-11H2,1-2H3. The Kier molecular flexibility index (Phi) is 5.80. The molecule has 1 aliphatic rings. The van der Waals surface area contributed by atoms with Crippen LogP contribution in [-0.2, 0) is 21.8 Å². The molecule has 1 aromatic carbocycles. The van der Waals surface area contributed by atoms with E-state index in [1.807, 2.05) is 0 Å². The maximum absolute atomic E-state index is 13.0. The lowest BCUT2D eigenvalue weighted by molar-refractivity contribution is 0.0590. The number of esters is 1. The van der Waals surface area contributed by atoms with Crippen LogP contribution < -0.4 is 0 Å². The van der Waals surface area contributed by atoms with Gasteiger partial charge in [-0.05, 0) is 18.6 Å². The zero-order valence-electron chi connectivity index (χ0n) is 15.7. The van der Waals surface area contributed by atoms with E-state index in [9.17, 15) is 18.0 Å². The highest BCUT2D eigenvalue weighted by molar-refractivity contribution is 7.89. The van der Waals surface area contributed by atoms with Crippen molar-refractivity contribution >= 4 is 21.9 Å². The minimum atomic E-state index is -3.71. The molecule has 28 heavy (non-hydrogen) atoms. The molecule has 0 atom stereocenters. The zero-order chi connectivity index (χ0) is 20.3. The molecule has 9 nitrogen and oxygen atoms in total. The van der Waals surface area contributed by atoms with Gasteiger partial charge in [0, 0.05) is 39.4 Å². The fraction of sp³-hybridized carbons (Fsp3) is 0.389. The highest BCUT2D eigenvalue weighted by Gasteiger charge is 2.31. The molecule has 3 rings (SSSR count). The predicted octanol–water partition coefficient (Wildman–Crippen LogP) is 0.743. The molecule has 0 spiro atoms. The topological polar surface area (TPSA) is 102 Å². The van der Waals surface area contributed by atoms with Crippen molar-refractivity contribution in [3.05, 3.63) is 47.9 Å². The van der Waals surface area contributed by atoms with E-state index in [1.54, 1.807) is 34.7 Å². The first kappa shape index (κ1) is 20.0. The summed E-state index contributed by atoms with van der Waals surface area (Å²) in [5.74, 6) is -0.906. The summed E-state index contributed by atoms with van der Waals surface area (Å²) in [4.78, 5) is 30.4. The average molecular weight is 406 g/mol. The number of methoxy groups -OCH3 is 1. The van der Waals surface area contributed by atoms with Gasteiger partial charge in [0.25, 0.3) is 15.9 Å². The first-order chi connectivity index (χ1) is 13.3. The molecule has 150 valence electrons. The third kappa shape index (κ3) is 3.92. The van der Waals surface area contributed by atoms with Gasteiger partial charge in [-0.1, -0.05) is 12.1 Å². The maximum atomic E-state index is 13.0. The number of rotatable bonds is 4. The minimum Gasteiger partial charge on any atom is -0.465 e. The van der Waals surface area contributed by atoms with Crippen LogP contribution in [-0.4, -0.2) is 72.3 Å². The second-order valence-electron chi connectivity index (χ2n) is 6.46. The number of sulfonamides is 1. The number of carbonyl (C=O) groups excluding carboxylic acids is 2. The van der Waals surface area contributed by atoms with E-state index in [0.717, 1.165) is 0 Å². The van der Waals surface area contributed by atoms with E-state index >= 15 is 0 Å². The van der Waals surface area contributed by atoms with Crippen molar-refractivity contribution in [2.75, 3.05) is 33.3 Å². The second-order valence-corrected chi connectivity index (χ2v) is 8.35. The van der Waals surface area contributed by atoms with Crippen molar-refractivity contribution in [2.45, 2.75) is 11.4 Å². The molecule has 1 amide bonds. The largest absolute Gasteiger partial charge is 0.465 e. The van der Waals surface area contributed by atoms with Crippen molar-refractivity contribution in [1.29, 1.82) is 0 Å². The number of aromatic nitrogens is 2. The monoisotopic (exact) mass is 406 g/mol. The minimum absolute atomic E-state index is 0.00851. The van der Waals surface area contributed by atoms with Crippen LogP contribution in [0.3, 0.4) is 0 Å². The Hall–Kier alpha value is -2.72. The summed E-state index contributed by atoms with van der Waals surface area (Å²) in [7, 11) is -0.753. The number of aryl methyl sites for hydroxylation is 1. The quantitative estimate of drug-likeness (QED) is 0.694. The molecule has 0 saturated carbocycles. The molecule has 1 saturated heterocycles. The Morgan fingerprint density at radius 3 is 2.43 bits per heavy atom. The van der Waals surface area contributed by atoms with Gasteiger partial charge in [0.2, 0.25) is 0 Å². The van der Waals surface area contributed by atoms with Crippen LogP contribution in [0.2, 0.25) is 0 Å². The number of benzene rings is 1. The zero-order valence-corrected chi connectivity index (χ0v) is 16.6. The lowest BCUT2D eigenvalue weighted by atomic mass is 10.1. The summed E-state index contributed by atoms with van der Waals surface area (Å²) < 4.78 is 33.2. The van der Waals surface area contributed by atoms with Crippen LogP contribution in [0.4, 0.5) is 0 Å². The van der Waals surface area contributed by atoms with Crippen LogP contribution in [0.5, 0.6) is 0 Å². The fourth-order valence-electron chi connectivity index (χ4n) is 3.12. The summed E-state index contributed by atoms with van der Waals surface area (Å²) in [6.45, 7) is 1.06. The average Bonchev–Trinajstić information content (AvgIpc) is 2.99. The number of nitrogens with zero attached hydrogens (tertiary/aromatic N) is 4. The van der Waals surface area contributed by atoms with Gasteiger partial charge in [-0.25, -0.2) is 18.2 Å². The molecular weight excluding hydrogens is 384 g/mol. The van der Waals surface area contributed by atoms with E-state index in [-0.39, 0.29) is 35.1 Å². The van der Waals surface area contributed by atoms with Crippen LogP contribution in [0.15, 0.2) is 41.8 Å². The number of carbonyl (C=O) groups is 2. The molecular formula is C18H22N4O5S. The second kappa shape index (κ2) is 8.11. The molecule has 1 fully saturated rings. The van der Waals surface area contributed by atoms with Gasteiger partial charge < -0.3 is 14.2 Å². The molecule has 1 aliphatic heterocycles. The molecule has 0 radical (unpaired) electrons. The van der Waals surface area contributed by atoms with Gasteiger partial charge in [0.15, 0.2) is 5.03 Å². The van der Waals surface area contributed by atoms with Crippen molar-refractivity contribution in [2.24, 2.45) is 7.05 Å². The molecule has 1 aromatic heterocycles. The summed E-state index contributed by atoms with van der Waals surface area (Å²) in [6, 6.07) is 6.44. The molecule has 0 N–H and O–H groups in total. The van der Waals surface area contributed by atoms with E-state index in [0.29, 0.717) is 19.5 Å². The van der Waals surface area contributed by atoms with Crippen LogP contribution in [0, 0.1) is 0 Å². The van der Waals surface area contributed by atoms with Gasteiger partial charge in [-0.2, -0.15) is 4.31 Å². The van der Waals surface area contributed by atoms with Crippen molar-refractivity contribution in [3.8, 4) is 0 Å². The van der Waals surface area contributed by atoms with E-state index in [2.05, 4.69) is 4.98 Å². The third-order valence-corrected chi connectivity index (χ3v) is 6.37. The van der Waals surface area contributed by atoms with Gasteiger partial charge in [-0.15, -0.1) is 0 Å². The van der Waals surface area contributed by atoms with Crippen LogP contribution in [0.1, 0.15) is 27.1 Å². The Balaban J connectivity index is 1.77. The number of ether oxygens (including phenoxy) is 1. The van der Waals surface area contributed by atoms with Crippen LogP contribution >= 0.6 is 0 Å². The predicted molar refractivity (Wildman–Crippen MR) is 100 cm³/mol.